The second-order valence-corrected chi connectivity index (χ2v) is 9.50. The molecule has 1 spiro atoms. The lowest BCUT2D eigenvalue weighted by atomic mass is 9.77. The van der Waals surface area contributed by atoms with Gasteiger partial charge in [0.25, 0.3) is 5.91 Å². The number of hydrogen-bond donors (Lipinski definition) is 1. The lowest BCUT2D eigenvalue weighted by Gasteiger charge is -2.39. The molecule has 1 N–H and O–H groups in total. The van der Waals surface area contributed by atoms with Gasteiger partial charge in [-0.2, -0.15) is 5.10 Å². The number of piperidine rings is 1. The Morgan fingerprint density at radius 1 is 1.20 bits per heavy atom. The monoisotopic (exact) mass is 410 g/mol. The van der Waals surface area contributed by atoms with Crippen LogP contribution in [0.3, 0.4) is 0 Å². The number of nitrogens with zero attached hydrogens (tertiary/aromatic N) is 3. The van der Waals surface area contributed by atoms with E-state index in [9.17, 15) is 4.79 Å². The maximum absolute atomic E-state index is 12.8. The Morgan fingerprint density at radius 2 is 1.93 bits per heavy atom. The number of carbonyl (C=O) groups is 1. The maximum atomic E-state index is 12.8. The molecule has 0 atom stereocenters. The maximum Gasteiger partial charge on any atom is 0.274 e. The molecular weight excluding hydrogens is 376 g/mol. The quantitative estimate of drug-likeness (QED) is 0.785. The summed E-state index contributed by atoms with van der Waals surface area (Å²) >= 11 is 0. The van der Waals surface area contributed by atoms with Gasteiger partial charge < -0.3 is 9.64 Å². The van der Waals surface area contributed by atoms with Crippen LogP contribution in [-0.2, 0) is 6.54 Å². The fraction of sp³-hybridized carbons (Fsp3) is 0.583. The number of benzene rings is 1. The number of rotatable bonds is 6. The highest BCUT2D eigenvalue weighted by Crippen LogP contribution is 2.41. The van der Waals surface area contributed by atoms with Gasteiger partial charge in [-0.25, -0.2) is 0 Å². The van der Waals surface area contributed by atoms with Crippen molar-refractivity contribution in [3.05, 3.63) is 47.3 Å². The van der Waals surface area contributed by atoms with Crippen LogP contribution < -0.4 is 4.74 Å². The number of para-hydroxylation sites is 1. The minimum absolute atomic E-state index is 0.0647. The van der Waals surface area contributed by atoms with Crippen molar-refractivity contribution in [2.75, 3.05) is 32.8 Å². The standard InChI is InChI=1S/C24H34N4O2/c1-18(2)16-30-22-7-5-4-6-20(22)15-27-11-8-24(9-12-27)10-13-28(17-24)23(29)21-14-19(3)25-26-21/h4-7,14,18H,8-13,15-17H2,1-3H3,(H,25,26). The zero-order chi connectivity index (χ0) is 21.1. The highest BCUT2D eigenvalue weighted by Gasteiger charge is 2.42. The van der Waals surface area contributed by atoms with Crippen LogP contribution >= 0.6 is 0 Å². The summed E-state index contributed by atoms with van der Waals surface area (Å²) in [5.74, 6) is 1.60. The lowest BCUT2D eigenvalue weighted by molar-refractivity contribution is 0.0707. The molecule has 30 heavy (non-hydrogen) atoms. The molecule has 2 aromatic rings. The Kier molecular flexibility index (Phi) is 6.14. The Labute approximate surface area is 179 Å². The average molecular weight is 411 g/mol. The van der Waals surface area contributed by atoms with E-state index in [1.165, 1.54) is 5.56 Å². The van der Waals surface area contributed by atoms with Gasteiger partial charge in [0.05, 0.1) is 6.61 Å². The van der Waals surface area contributed by atoms with E-state index >= 15 is 0 Å². The fourth-order valence-corrected chi connectivity index (χ4v) is 4.66. The summed E-state index contributed by atoms with van der Waals surface area (Å²) in [6.45, 7) is 11.8. The molecular formula is C24H34N4O2. The first-order valence-corrected chi connectivity index (χ1v) is 11.2. The molecule has 1 aromatic carbocycles. The van der Waals surface area contributed by atoms with Crippen molar-refractivity contribution >= 4 is 5.91 Å². The van der Waals surface area contributed by atoms with Crippen LogP contribution in [0.5, 0.6) is 5.75 Å². The van der Waals surface area contributed by atoms with Gasteiger partial charge in [0.15, 0.2) is 0 Å². The van der Waals surface area contributed by atoms with Crippen molar-refractivity contribution in [3.63, 3.8) is 0 Å². The molecule has 1 aromatic heterocycles. The molecule has 162 valence electrons. The number of H-pyrrole nitrogens is 1. The van der Waals surface area contributed by atoms with Crippen LogP contribution in [-0.4, -0.2) is 58.7 Å². The molecule has 0 radical (unpaired) electrons. The normalized spacial score (nSPS) is 19.0. The molecule has 2 fully saturated rings. The molecule has 1 amide bonds. The van der Waals surface area contributed by atoms with Gasteiger partial charge in [-0.1, -0.05) is 32.0 Å². The van der Waals surface area contributed by atoms with Gasteiger partial charge in [-0.3, -0.25) is 14.8 Å². The van der Waals surface area contributed by atoms with Gasteiger partial charge in [0, 0.05) is 30.9 Å². The second kappa shape index (κ2) is 8.80. The molecule has 2 aliphatic rings. The number of amides is 1. The topological polar surface area (TPSA) is 61.5 Å². The Morgan fingerprint density at radius 3 is 2.63 bits per heavy atom. The minimum Gasteiger partial charge on any atom is -0.493 e. The smallest absolute Gasteiger partial charge is 0.274 e. The summed E-state index contributed by atoms with van der Waals surface area (Å²) in [5, 5.41) is 7.03. The highest BCUT2D eigenvalue weighted by atomic mass is 16.5. The van der Waals surface area contributed by atoms with Crippen LogP contribution in [0.2, 0.25) is 0 Å². The number of nitrogens with one attached hydrogen (secondary N) is 1. The van der Waals surface area contributed by atoms with Gasteiger partial charge in [0.2, 0.25) is 0 Å². The van der Waals surface area contributed by atoms with Crippen LogP contribution in [0.15, 0.2) is 30.3 Å². The van der Waals surface area contributed by atoms with Crippen molar-refractivity contribution < 1.29 is 9.53 Å². The third-order valence-electron chi connectivity index (χ3n) is 6.51. The molecule has 6 heteroatoms. The Balaban J connectivity index is 1.32. The van der Waals surface area contributed by atoms with E-state index in [4.69, 9.17) is 4.74 Å². The zero-order valence-electron chi connectivity index (χ0n) is 18.5. The summed E-state index contributed by atoms with van der Waals surface area (Å²) in [4.78, 5) is 17.3. The average Bonchev–Trinajstić information content (AvgIpc) is 3.35. The second-order valence-electron chi connectivity index (χ2n) is 9.50. The molecule has 0 unspecified atom stereocenters. The van der Waals surface area contributed by atoms with E-state index in [1.54, 1.807) is 0 Å². The number of hydrogen-bond acceptors (Lipinski definition) is 4. The molecule has 3 heterocycles. The van der Waals surface area contributed by atoms with Crippen molar-refractivity contribution in [1.82, 2.24) is 20.0 Å². The number of aryl methyl sites for hydroxylation is 1. The van der Waals surface area contributed by atoms with E-state index in [2.05, 4.69) is 53.2 Å². The van der Waals surface area contributed by atoms with Crippen molar-refractivity contribution in [3.8, 4) is 5.75 Å². The lowest BCUT2D eigenvalue weighted by Crippen LogP contribution is -2.42. The van der Waals surface area contributed by atoms with Crippen LogP contribution in [0.1, 0.15) is 54.9 Å². The fourth-order valence-electron chi connectivity index (χ4n) is 4.66. The Hall–Kier alpha value is -2.34. The van der Waals surface area contributed by atoms with Crippen LogP contribution in [0.4, 0.5) is 0 Å². The molecule has 0 saturated carbocycles. The van der Waals surface area contributed by atoms with Crippen molar-refractivity contribution in [2.24, 2.45) is 11.3 Å². The summed E-state index contributed by atoms with van der Waals surface area (Å²) in [7, 11) is 0. The van der Waals surface area contributed by atoms with Crippen molar-refractivity contribution in [1.29, 1.82) is 0 Å². The Bertz CT molecular complexity index is 868. The summed E-state index contributed by atoms with van der Waals surface area (Å²) in [6, 6.07) is 10.3. The number of carbonyl (C=O) groups excluding carboxylic acids is 1. The van der Waals surface area contributed by atoms with E-state index in [0.29, 0.717) is 11.6 Å². The molecule has 0 aliphatic carbocycles. The van der Waals surface area contributed by atoms with Gasteiger partial charge >= 0.3 is 0 Å². The number of aromatic amines is 1. The minimum atomic E-state index is 0.0647. The summed E-state index contributed by atoms with van der Waals surface area (Å²) in [6.07, 6.45) is 3.39. The number of likely N-dealkylation sites (tertiary alicyclic amines) is 2. The number of ether oxygens (including phenoxy) is 1. The molecule has 0 bridgehead atoms. The van der Waals surface area contributed by atoms with E-state index in [-0.39, 0.29) is 11.3 Å². The van der Waals surface area contributed by atoms with Crippen molar-refractivity contribution in [2.45, 2.75) is 46.6 Å². The van der Waals surface area contributed by atoms with Gasteiger partial charge in [-0.05, 0) is 62.7 Å². The number of aromatic nitrogens is 2. The summed E-state index contributed by atoms with van der Waals surface area (Å²) in [5.41, 5.74) is 3.01. The van der Waals surface area contributed by atoms with E-state index < -0.39 is 0 Å². The third kappa shape index (κ3) is 4.69. The predicted molar refractivity (Wildman–Crippen MR) is 118 cm³/mol. The zero-order valence-corrected chi connectivity index (χ0v) is 18.5. The third-order valence-corrected chi connectivity index (χ3v) is 6.51. The largest absolute Gasteiger partial charge is 0.493 e. The van der Waals surface area contributed by atoms with Gasteiger partial charge in [-0.15, -0.1) is 0 Å². The molecule has 2 aliphatic heterocycles. The summed E-state index contributed by atoms with van der Waals surface area (Å²) < 4.78 is 6.04. The van der Waals surface area contributed by atoms with Crippen LogP contribution in [0, 0.1) is 18.3 Å². The predicted octanol–water partition coefficient (Wildman–Crippen LogP) is 3.88. The van der Waals surface area contributed by atoms with Gasteiger partial charge in [0.1, 0.15) is 11.4 Å². The van der Waals surface area contributed by atoms with Crippen LogP contribution in [0.25, 0.3) is 0 Å². The first-order valence-electron chi connectivity index (χ1n) is 11.2. The first kappa shape index (κ1) is 20.9. The molecule has 2 saturated heterocycles. The SMILES string of the molecule is Cc1cc(C(=O)N2CCC3(CCN(Cc4ccccc4OCC(C)C)CC3)C2)n[nH]1. The highest BCUT2D eigenvalue weighted by molar-refractivity contribution is 5.92. The molecule has 6 nitrogen and oxygen atoms in total. The van der Waals surface area contributed by atoms with E-state index in [0.717, 1.165) is 70.0 Å². The van der Waals surface area contributed by atoms with E-state index in [1.807, 2.05) is 17.9 Å². The molecule has 4 rings (SSSR count). The first-order chi connectivity index (χ1) is 14.4.